The number of carbonyl (C=O) groups excluding carboxylic acids is 1. The van der Waals surface area contributed by atoms with Gasteiger partial charge in [0.15, 0.2) is 23.1 Å². The number of hydrogen-bond donors (Lipinski definition) is 0. The second-order valence-corrected chi connectivity index (χ2v) is 8.50. The maximum Gasteiger partial charge on any atom is 0.314 e. The van der Waals surface area contributed by atoms with Crippen LogP contribution < -0.4 is 9.47 Å². The van der Waals surface area contributed by atoms with E-state index in [1.165, 1.54) is 43.3 Å². The lowest BCUT2D eigenvalue weighted by atomic mass is 9.86. The zero-order valence-electron chi connectivity index (χ0n) is 19.6. The number of halogens is 5. The van der Waals surface area contributed by atoms with Gasteiger partial charge < -0.3 is 9.47 Å². The summed E-state index contributed by atoms with van der Waals surface area (Å²) in [5.74, 6) is -7.34. The molecule has 0 aromatic heterocycles. The average molecular weight is 502 g/mol. The molecule has 0 saturated carbocycles. The maximum absolute atomic E-state index is 14.9. The van der Waals surface area contributed by atoms with Gasteiger partial charge in [0.25, 0.3) is 0 Å². The predicted molar refractivity (Wildman–Crippen MR) is 125 cm³/mol. The van der Waals surface area contributed by atoms with Gasteiger partial charge in [0.1, 0.15) is 5.82 Å². The molecule has 1 aliphatic rings. The Hall–Kier alpha value is -3.68. The zero-order chi connectivity index (χ0) is 26.0. The molecule has 0 bridgehead atoms. The first-order chi connectivity index (χ1) is 17.2. The minimum Gasteiger partial charge on any atom is -0.491 e. The summed E-state index contributed by atoms with van der Waals surface area (Å²) in [5, 5.41) is 0. The summed E-state index contributed by atoms with van der Waals surface area (Å²) in [7, 11) is 0. The Morgan fingerprint density at radius 2 is 1.58 bits per heavy atom. The van der Waals surface area contributed by atoms with E-state index in [9.17, 15) is 26.7 Å². The van der Waals surface area contributed by atoms with E-state index in [1.807, 2.05) is 0 Å². The smallest absolute Gasteiger partial charge is 0.314 e. The highest BCUT2D eigenvalue weighted by molar-refractivity contribution is 5.78. The van der Waals surface area contributed by atoms with Gasteiger partial charge >= 0.3 is 5.97 Å². The first-order valence-corrected chi connectivity index (χ1v) is 11.5. The molecular weight excluding hydrogens is 479 g/mol. The fourth-order valence-electron chi connectivity index (χ4n) is 4.15. The second-order valence-electron chi connectivity index (χ2n) is 8.50. The van der Waals surface area contributed by atoms with Gasteiger partial charge in [0.05, 0.1) is 12.5 Å². The number of carbonyl (C=O) groups is 1. The molecule has 0 saturated heterocycles. The molecule has 36 heavy (non-hydrogen) atoms. The van der Waals surface area contributed by atoms with Crippen LogP contribution >= 0.6 is 0 Å². The van der Waals surface area contributed by atoms with E-state index < -0.39 is 46.7 Å². The van der Waals surface area contributed by atoms with Crippen molar-refractivity contribution in [1.82, 2.24) is 0 Å². The average Bonchev–Trinajstić information content (AvgIpc) is 2.88. The summed E-state index contributed by atoms with van der Waals surface area (Å²) in [6.07, 6.45) is 2.80. The van der Waals surface area contributed by atoms with E-state index >= 15 is 0 Å². The molecule has 0 aliphatic heterocycles. The van der Waals surface area contributed by atoms with Crippen molar-refractivity contribution < 1.29 is 36.2 Å². The van der Waals surface area contributed by atoms with Crippen molar-refractivity contribution in [1.29, 1.82) is 0 Å². The van der Waals surface area contributed by atoms with Gasteiger partial charge in [-0.1, -0.05) is 24.3 Å². The highest BCUT2D eigenvalue weighted by atomic mass is 19.2. The number of benzene rings is 3. The molecule has 0 spiro atoms. The van der Waals surface area contributed by atoms with Crippen molar-refractivity contribution in [3.63, 3.8) is 0 Å². The Kier molecular flexibility index (Phi) is 7.43. The standard InChI is InChI=1S/C28H23F5O3/c1-3-35-22-13-11-20(25(31)26(22)32)19-10-9-18(14-21(19)29)16-5-7-17(8-6-16)28(34)36-23-12-4-15(2)24(30)27(23)33/h4-5,9-14,17H,3,6-8H2,1-2H3. The van der Waals surface area contributed by atoms with Crippen LogP contribution in [-0.4, -0.2) is 12.6 Å². The fraction of sp³-hybridized carbons (Fsp3) is 0.250. The zero-order valence-corrected chi connectivity index (χ0v) is 19.6. The Labute approximate surface area is 205 Å². The van der Waals surface area contributed by atoms with Crippen LogP contribution in [0.2, 0.25) is 0 Å². The summed E-state index contributed by atoms with van der Waals surface area (Å²) in [6.45, 7) is 3.20. The van der Waals surface area contributed by atoms with Crippen LogP contribution in [0.1, 0.15) is 37.3 Å². The van der Waals surface area contributed by atoms with Crippen molar-refractivity contribution in [2.75, 3.05) is 6.61 Å². The minimum atomic E-state index is -1.21. The molecule has 0 amide bonds. The topological polar surface area (TPSA) is 35.5 Å². The van der Waals surface area contributed by atoms with Crippen LogP contribution in [0.25, 0.3) is 16.7 Å². The summed E-state index contributed by atoms with van der Waals surface area (Å²) in [6, 6.07) is 9.26. The second kappa shape index (κ2) is 10.5. The molecule has 3 nitrogen and oxygen atoms in total. The van der Waals surface area contributed by atoms with E-state index in [1.54, 1.807) is 19.1 Å². The van der Waals surface area contributed by atoms with Gasteiger partial charge in [0, 0.05) is 11.1 Å². The molecule has 1 aliphatic carbocycles. The van der Waals surface area contributed by atoms with Gasteiger partial charge in [-0.3, -0.25) is 4.79 Å². The normalized spacial score (nSPS) is 15.4. The quantitative estimate of drug-likeness (QED) is 0.198. The van der Waals surface area contributed by atoms with Gasteiger partial charge in [-0.15, -0.1) is 0 Å². The molecule has 0 radical (unpaired) electrons. The monoisotopic (exact) mass is 502 g/mol. The lowest BCUT2D eigenvalue weighted by Gasteiger charge is -2.21. The van der Waals surface area contributed by atoms with Crippen LogP contribution in [0.3, 0.4) is 0 Å². The van der Waals surface area contributed by atoms with Crippen molar-refractivity contribution in [2.45, 2.75) is 33.1 Å². The van der Waals surface area contributed by atoms with Crippen molar-refractivity contribution >= 4 is 11.5 Å². The molecule has 188 valence electrons. The molecule has 8 heteroatoms. The molecule has 3 aromatic rings. The first kappa shape index (κ1) is 25.4. The van der Waals surface area contributed by atoms with Crippen LogP contribution in [0, 0.1) is 41.9 Å². The van der Waals surface area contributed by atoms with Crippen LogP contribution in [0.15, 0.2) is 48.5 Å². The molecular formula is C28H23F5O3. The van der Waals surface area contributed by atoms with E-state index in [0.29, 0.717) is 18.4 Å². The lowest BCUT2D eigenvalue weighted by molar-refractivity contribution is -0.139. The highest BCUT2D eigenvalue weighted by Crippen LogP contribution is 2.36. The summed E-state index contributed by atoms with van der Waals surface area (Å²) < 4.78 is 81.5. The van der Waals surface area contributed by atoms with Crippen molar-refractivity contribution in [2.24, 2.45) is 5.92 Å². The van der Waals surface area contributed by atoms with Crippen LogP contribution in [0.4, 0.5) is 22.0 Å². The van der Waals surface area contributed by atoms with Gasteiger partial charge in [-0.25, -0.2) is 13.2 Å². The molecule has 3 aromatic carbocycles. The summed E-state index contributed by atoms with van der Waals surface area (Å²) in [4.78, 5) is 12.5. The largest absolute Gasteiger partial charge is 0.491 e. The van der Waals surface area contributed by atoms with Gasteiger partial charge in [-0.05, 0) is 74.1 Å². The van der Waals surface area contributed by atoms with Crippen molar-refractivity contribution in [3.05, 3.63) is 88.8 Å². The Morgan fingerprint density at radius 1 is 0.889 bits per heavy atom. The third kappa shape index (κ3) is 4.98. The van der Waals surface area contributed by atoms with E-state index in [2.05, 4.69) is 0 Å². The predicted octanol–water partition coefficient (Wildman–Crippen LogP) is 7.55. The van der Waals surface area contributed by atoms with Gasteiger partial charge in [0.2, 0.25) is 11.6 Å². The third-order valence-corrected chi connectivity index (χ3v) is 6.17. The maximum atomic E-state index is 14.9. The molecule has 0 heterocycles. The Balaban J connectivity index is 1.48. The number of hydrogen-bond acceptors (Lipinski definition) is 3. The molecule has 0 fully saturated rings. The number of ether oxygens (including phenoxy) is 2. The number of rotatable bonds is 6. The molecule has 1 unspecified atom stereocenters. The van der Waals surface area contributed by atoms with Gasteiger partial charge in [-0.2, -0.15) is 8.78 Å². The van der Waals surface area contributed by atoms with Crippen molar-refractivity contribution in [3.8, 4) is 22.6 Å². The molecule has 1 atom stereocenters. The number of allylic oxidation sites excluding steroid dienone is 2. The molecule has 0 N–H and O–H groups in total. The Morgan fingerprint density at radius 3 is 2.25 bits per heavy atom. The Bertz CT molecular complexity index is 1350. The third-order valence-electron chi connectivity index (χ3n) is 6.17. The molecule has 4 rings (SSSR count). The van der Waals surface area contributed by atoms with E-state index in [4.69, 9.17) is 9.47 Å². The van der Waals surface area contributed by atoms with Crippen LogP contribution in [-0.2, 0) is 4.79 Å². The summed E-state index contributed by atoms with van der Waals surface area (Å²) >= 11 is 0. The first-order valence-electron chi connectivity index (χ1n) is 11.5. The fourth-order valence-corrected chi connectivity index (χ4v) is 4.15. The minimum absolute atomic E-state index is 0.0941. The SMILES string of the molecule is CCOc1ccc(-c2ccc(C3=CCC(C(=O)Oc4ccc(C)c(F)c4F)CC3)cc2F)c(F)c1F. The summed E-state index contributed by atoms with van der Waals surface area (Å²) in [5.41, 5.74) is 1.10. The lowest BCUT2D eigenvalue weighted by Crippen LogP contribution is -2.22. The number of aryl methyl sites for hydroxylation is 1. The number of esters is 1. The van der Waals surface area contributed by atoms with Crippen LogP contribution in [0.5, 0.6) is 11.5 Å². The van der Waals surface area contributed by atoms with E-state index in [-0.39, 0.29) is 35.5 Å². The highest BCUT2D eigenvalue weighted by Gasteiger charge is 2.26. The van der Waals surface area contributed by atoms with E-state index in [0.717, 1.165) is 5.57 Å².